The Hall–Kier alpha value is -1.36. The summed E-state index contributed by atoms with van der Waals surface area (Å²) in [5.41, 5.74) is 2.18. The summed E-state index contributed by atoms with van der Waals surface area (Å²) in [7, 11) is 1.90. The quantitative estimate of drug-likeness (QED) is 0.792. The number of hydrogen-bond acceptors (Lipinski definition) is 2. The fourth-order valence-electron chi connectivity index (χ4n) is 1.60. The molecular formula is C10H14N4S. The number of rotatable bonds is 2. The van der Waals surface area contributed by atoms with E-state index in [1.807, 2.05) is 30.2 Å². The number of H-pyrrole nitrogens is 1. The first kappa shape index (κ1) is 10.2. The van der Waals surface area contributed by atoms with E-state index in [9.17, 15) is 0 Å². The van der Waals surface area contributed by atoms with Gasteiger partial charge < -0.3 is 4.98 Å². The molecule has 80 valence electrons. The van der Waals surface area contributed by atoms with Gasteiger partial charge in [0.25, 0.3) is 0 Å². The smallest absolute Gasteiger partial charge is 0.182 e. The Morgan fingerprint density at radius 3 is 2.73 bits per heavy atom. The van der Waals surface area contributed by atoms with Crippen molar-refractivity contribution in [3.05, 3.63) is 29.1 Å². The van der Waals surface area contributed by atoms with E-state index < -0.39 is 0 Å². The third kappa shape index (κ3) is 1.74. The molecule has 0 aromatic carbocycles. The first-order valence-electron chi connectivity index (χ1n) is 4.89. The zero-order chi connectivity index (χ0) is 11.0. The second-order valence-corrected chi connectivity index (χ2v) is 4.27. The lowest BCUT2D eigenvalue weighted by atomic mass is 10.1. The molecule has 0 bridgehead atoms. The molecule has 0 amide bonds. The van der Waals surface area contributed by atoms with Crippen molar-refractivity contribution < 1.29 is 0 Å². The Labute approximate surface area is 93.6 Å². The summed E-state index contributed by atoms with van der Waals surface area (Å²) < 4.78 is 4.51. The molecule has 0 aliphatic rings. The summed E-state index contributed by atoms with van der Waals surface area (Å²) in [6.07, 6.45) is 5.73. The van der Waals surface area contributed by atoms with Gasteiger partial charge in [0.15, 0.2) is 4.77 Å². The Kier molecular flexibility index (Phi) is 2.48. The van der Waals surface area contributed by atoms with E-state index in [4.69, 9.17) is 12.2 Å². The van der Waals surface area contributed by atoms with Crippen LogP contribution in [0, 0.1) is 4.77 Å². The number of hydrogen-bond donors (Lipinski definition) is 1. The highest BCUT2D eigenvalue weighted by atomic mass is 32.1. The first-order valence-corrected chi connectivity index (χ1v) is 5.29. The molecule has 1 N–H and O–H groups in total. The highest BCUT2D eigenvalue weighted by Crippen LogP contribution is 2.19. The predicted octanol–water partition coefficient (Wildman–Crippen LogP) is 2.39. The molecule has 0 spiro atoms. The van der Waals surface area contributed by atoms with Crippen LogP contribution in [0.15, 0.2) is 18.6 Å². The van der Waals surface area contributed by atoms with Crippen LogP contribution in [0.1, 0.15) is 25.5 Å². The van der Waals surface area contributed by atoms with Crippen LogP contribution in [-0.4, -0.2) is 19.3 Å². The Morgan fingerprint density at radius 1 is 1.47 bits per heavy atom. The summed E-state index contributed by atoms with van der Waals surface area (Å²) in [6.45, 7) is 4.29. The standard InChI is InChI=1S/C10H14N4S/c1-7(2)9-5-11-10(15)14(9)8-4-12-13(3)6-8/h4-7H,1-3H3,(H,11,15). The van der Waals surface area contributed by atoms with Crippen LogP contribution in [-0.2, 0) is 7.05 Å². The summed E-state index contributed by atoms with van der Waals surface area (Å²) in [6, 6.07) is 0. The second kappa shape index (κ2) is 3.66. The zero-order valence-corrected chi connectivity index (χ0v) is 9.88. The van der Waals surface area contributed by atoms with E-state index in [1.54, 1.807) is 4.68 Å². The number of aromatic nitrogens is 4. The van der Waals surface area contributed by atoms with Gasteiger partial charge in [-0.15, -0.1) is 0 Å². The average Bonchev–Trinajstić information content (AvgIpc) is 2.71. The lowest BCUT2D eigenvalue weighted by Crippen LogP contribution is -2.00. The third-order valence-electron chi connectivity index (χ3n) is 2.35. The van der Waals surface area contributed by atoms with Crippen molar-refractivity contribution >= 4 is 12.2 Å². The maximum atomic E-state index is 5.25. The molecule has 2 aromatic rings. The zero-order valence-electron chi connectivity index (χ0n) is 9.06. The van der Waals surface area contributed by atoms with Gasteiger partial charge in [0.2, 0.25) is 0 Å². The molecule has 2 aromatic heterocycles. The van der Waals surface area contributed by atoms with Crippen LogP contribution >= 0.6 is 12.2 Å². The maximum absolute atomic E-state index is 5.25. The minimum atomic E-state index is 0.429. The van der Waals surface area contributed by atoms with Crippen molar-refractivity contribution in [1.82, 2.24) is 19.3 Å². The molecule has 0 unspecified atom stereocenters. The van der Waals surface area contributed by atoms with Gasteiger partial charge in [-0.2, -0.15) is 5.10 Å². The molecule has 2 heterocycles. The molecule has 5 heteroatoms. The van der Waals surface area contributed by atoms with Gasteiger partial charge in [0, 0.05) is 25.1 Å². The topological polar surface area (TPSA) is 38.5 Å². The van der Waals surface area contributed by atoms with Crippen molar-refractivity contribution in [3.63, 3.8) is 0 Å². The van der Waals surface area contributed by atoms with Crippen LogP contribution in [0.2, 0.25) is 0 Å². The van der Waals surface area contributed by atoms with Crippen LogP contribution in [0.3, 0.4) is 0 Å². The normalized spacial score (nSPS) is 11.2. The fourth-order valence-corrected chi connectivity index (χ4v) is 1.87. The molecule has 0 fully saturated rings. The molecule has 0 saturated heterocycles. The van der Waals surface area contributed by atoms with Gasteiger partial charge in [-0.05, 0) is 18.1 Å². The van der Waals surface area contributed by atoms with E-state index in [2.05, 4.69) is 23.9 Å². The summed E-state index contributed by atoms with van der Waals surface area (Å²) >= 11 is 5.25. The van der Waals surface area contributed by atoms with Gasteiger partial charge >= 0.3 is 0 Å². The van der Waals surface area contributed by atoms with Crippen molar-refractivity contribution in [2.24, 2.45) is 7.05 Å². The monoisotopic (exact) mass is 222 g/mol. The minimum Gasteiger partial charge on any atom is -0.337 e. The average molecular weight is 222 g/mol. The number of nitrogens with one attached hydrogen (secondary N) is 1. The summed E-state index contributed by atoms with van der Waals surface area (Å²) in [5.74, 6) is 0.429. The van der Waals surface area contributed by atoms with E-state index >= 15 is 0 Å². The van der Waals surface area contributed by atoms with E-state index in [0.29, 0.717) is 10.7 Å². The number of aromatic amines is 1. The van der Waals surface area contributed by atoms with E-state index in [0.717, 1.165) is 5.69 Å². The van der Waals surface area contributed by atoms with E-state index in [-0.39, 0.29) is 0 Å². The molecular weight excluding hydrogens is 208 g/mol. The number of aryl methyl sites for hydroxylation is 1. The van der Waals surface area contributed by atoms with E-state index in [1.165, 1.54) is 5.69 Å². The van der Waals surface area contributed by atoms with Crippen molar-refractivity contribution in [3.8, 4) is 5.69 Å². The molecule has 0 atom stereocenters. The summed E-state index contributed by atoms with van der Waals surface area (Å²) in [5, 5.41) is 4.15. The largest absolute Gasteiger partial charge is 0.337 e. The first-order chi connectivity index (χ1) is 7.09. The minimum absolute atomic E-state index is 0.429. The highest BCUT2D eigenvalue weighted by Gasteiger charge is 2.10. The fraction of sp³-hybridized carbons (Fsp3) is 0.400. The Morgan fingerprint density at radius 2 is 2.20 bits per heavy atom. The SMILES string of the molecule is CC(C)c1c[nH]c(=S)n1-c1cnn(C)c1. The van der Waals surface area contributed by atoms with Crippen LogP contribution in [0.25, 0.3) is 5.69 Å². The van der Waals surface area contributed by atoms with Gasteiger partial charge in [0.05, 0.1) is 11.9 Å². The lowest BCUT2D eigenvalue weighted by Gasteiger charge is -2.07. The van der Waals surface area contributed by atoms with Crippen molar-refractivity contribution in [1.29, 1.82) is 0 Å². The predicted molar refractivity (Wildman–Crippen MR) is 61.8 cm³/mol. The molecule has 0 saturated carbocycles. The van der Waals surface area contributed by atoms with Gasteiger partial charge in [0.1, 0.15) is 0 Å². The van der Waals surface area contributed by atoms with Crippen LogP contribution in [0.5, 0.6) is 0 Å². The van der Waals surface area contributed by atoms with Crippen molar-refractivity contribution in [2.75, 3.05) is 0 Å². The lowest BCUT2D eigenvalue weighted by molar-refractivity contribution is 0.763. The highest BCUT2D eigenvalue weighted by molar-refractivity contribution is 7.71. The van der Waals surface area contributed by atoms with Gasteiger partial charge in [-0.1, -0.05) is 13.8 Å². The molecule has 2 rings (SSSR count). The van der Waals surface area contributed by atoms with Gasteiger partial charge in [-0.3, -0.25) is 9.25 Å². The van der Waals surface area contributed by atoms with Crippen LogP contribution < -0.4 is 0 Å². The van der Waals surface area contributed by atoms with Gasteiger partial charge in [-0.25, -0.2) is 0 Å². The Balaban J connectivity index is 2.61. The molecule has 15 heavy (non-hydrogen) atoms. The van der Waals surface area contributed by atoms with Crippen molar-refractivity contribution in [2.45, 2.75) is 19.8 Å². The molecule has 4 nitrogen and oxygen atoms in total. The second-order valence-electron chi connectivity index (χ2n) is 3.88. The maximum Gasteiger partial charge on any atom is 0.182 e. The number of nitrogens with zero attached hydrogens (tertiary/aromatic N) is 3. The molecule has 0 radical (unpaired) electrons. The summed E-state index contributed by atoms with van der Waals surface area (Å²) in [4.78, 5) is 3.07. The van der Waals surface area contributed by atoms with Crippen LogP contribution in [0.4, 0.5) is 0 Å². The Bertz CT molecular complexity index is 518. The number of imidazole rings is 1. The molecule has 0 aliphatic heterocycles. The third-order valence-corrected chi connectivity index (χ3v) is 2.65. The molecule has 0 aliphatic carbocycles.